The fraction of sp³-hybridized carbons (Fsp3) is 0.0357. The fourth-order valence-corrected chi connectivity index (χ4v) is 4.83. The lowest BCUT2D eigenvalue weighted by molar-refractivity contribution is 0.833. The Labute approximate surface area is 215 Å². The Balaban J connectivity index is 1.54. The molecule has 0 fully saturated rings. The summed E-state index contributed by atoms with van der Waals surface area (Å²) >= 11 is 3.57. The maximum absolute atomic E-state index is 5.12. The molecule has 0 spiro atoms. The summed E-state index contributed by atoms with van der Waals surface area (Å²) < 4.78 is 4.86. The smallest absolute Gasteiger partial charge is 0.243 e. The van der Waals surface area contributed by atoms with Crippen LogP contribution < -0.4 is 10.2 Å². The van der Waals surface area contributed by atoms with Crippen LogP contribution in [0.1, 0.15) is 5.56 Å². The number of hydrogen-bond acceptors (Lipinski definition) is 5. The number of nitrogens with zero attached hydrogens (tertiary/aromatic N) is 6. The number of guanidine groups is 1. The maximum Gasteiger partial charge on any atom is 0.243 e. The number of halogens is 1. The van der Waals surface area contributed by atoms with Crippen LogP contribution in [0.4, 0.5) is 23.0 Å². The van der Waals surface area contributed by atoms with E-state index in [0.717, 1.165) is 43.8 Å². The van der Waals surface area contributed by atoms with E-state index in [1.54, 1.807) is 4.63 Å². The first kappa shape index (κ1) is 20.9. The Morgan fingerprint density at radius 3 is 2.36 bits per heavy atom. The lowest BCUT2D eigenvalue weighted by Gasteiger charge is -2.24. The molecule has 0 amide bonds. The Hall–Kier alpha value is -4.43. The Bertz CT molecular complexity index is 1780. The minimum atomic E-state index is 0.643. The molecule has 2 aromatic heterocycles. The first-order valence-corrected chi connectivity index (χ1v) is 12.4. The van der Waals surface area contributed by atoms with Gasteiger partial charge >= 0.3 is 0 Å². The van der Waals surface area contributed by atoms with Gasteiger partial charge in [-0.25, -0.2) is 9.89 Å². The molecule has 174 valence electrons. The highest BCUT2D eigenvalue weighted by Crippen LogP contribution is 2.38. The van der Waals surface area contributed by atoms with Gasteiger partial charge in [-0.2, -0.15) is 0 Å². The van der Waals surface area contributed by atoms with Crippen molar-refractivity contribution in [2.45, 2.75) is 6.92 Å². The molecule has 4 aromatic carbocycles. The van der Waals surface area contributed by atoms with Gasteiger partial charge in [0.2, 0.25) is 11.9 Å². The Morgan fingerprint density at radius 2 is 1.53 bits per heavy atom. The summed E-state index contributed by atoms with van der Waals surface area (Å²) in [7, 11) is 0. The van der Waals surface area contributed by atoms with Crippen LogP contribution in [0.15, 0.2) is 107 Å². The van der Waals surface area contributed by atoms with Gasteiger partial charge < -0.3 is 5.32 Å². The molecule has 0 aliphatic carbocycles. The van der Waals surface area contributed by atoms with Crippen molar-refractivity contribution >= 4 is 61.5 Å². The van der Waals surface area contributed by atoms with Crippen LogP contribution in [0.25, 0.3) is 22.2 Å². The average molecular weight is 534 g/mol. The van der Waals surface area contributed by atoms with Crippen molar-refractivity contribution in [2.24, 2.45) is 4.99 Å². The van der Waals surface area contributed by atoms with E-state index in [1.807, 2.05) is 65.6 Å². The lowest BCUT2D eigenvalue weighted by atomic mass is 10.2. The monoisotopic (exact) mass is 533 g/mol. The van der Waals surface area contributed by atoms with E-state index >= 15 is 0 Å². The van der Waals surface area contributed by atoms with Crippen LogP contribution in [0.3, 0.4) is 0 Å². The Kier molecular flexibility index (Phi) is 4.68. The van der Waals surface area contributed by atoms with Gasteiger partial charge in [0.15, 0.2) is 5.65 Å². The quantitative estimate of drug-likeness (QED) is 0.260. The van der Waals surface area contributed by atoms with Crippen LogP contribution in [0.5, 0.6) is 0 Å². The molecule has 0 saturated heterocycles. The predicted octanol–water partition coefficient (Wildman–Crippen LogP) is 7.00. The van der Waals surface area contributed by atoms with E-state index in [9.17, 15) is 0 Å². The molecular weight excluding hydrogens is 514 g/mol. The van der Waals surface area contributed by atoms with Gasteiger partial charge in [0, 0.05) is 15.5 Å². The lowest BCUT2D eigenvalue weighted by Crippen LogP contribution is -2.33. The van der Waals surface area contributed by atoms with Gasteiger partial charge in [-0.05, 0) is 67.6 Å². The third-order valence-corrected chi connectivity index (χ3v) is 6.81. The predicted molar refractivity (Wildman–Crippen MR) is 148 cm³/mol. The van der Waals surface area contributed by atoms with Gasteiger partial charge in [0.05, 0.1) is 22.6 Å². The zero-order valence-electron chi connectivity index (χ0n) is 19.3. The molecule has 0 bridgehead atoms. The van der Waals surface area contributed by atoms with Gasteiger partial charge in [-0.1, -0.05) is 57.9 Å². The van der Waals surface area contributed by atoms with Gasteiger partial charge in [0.25, 0.3) is 0 Å². The molecular formula is C28H20BrN7. The van der Waals surface area contributed by atoms with Crippen molar-refractivity contribution in [2.75, 3.05) is 10.2 Å². The number of fused-ring (bicyclic) bond motifs is 7. The van der Waals surface area contributed by atoms with Crippen LogP contribution >= 0.6 is 15.9 Å². The summed E-state index contributed by atoms with van der Waals surface area (Å²) in [6.45, 7) is 2.08. The fourth-order valence-electron chi connectivity index (χ4n) is 4.56. The molecule has 6 aromatic rings. The minimum Gasteiger partial charge on any atom is -0.325 e. The third-order valence-electron chi connectivity index (χ3n) is 6.29. The van der Waals surface area contributed by atoms with E-state index < -0.39 is 0 Å². The molecule has 3 heterocycles. The highest BCUT2D eigenvalue weighted by atomic mass is 79.9. The summed E-state index contributed by atoms with van der Waals surface area (Å²) in [6.07, 6.45) is 0. The third kappa shape index (κ3) is 3.30. The van der Waals surface area contributed by atoms with Crippen molar-refractivity contribution < 1.29 is 0 Å². The number of hydrogen-bond donors (Lipinski definition) is 1. The summed E-state index contributed by atoms with van der Waals surface area (Å²) in [5.41, 5.74) is 6.61. The molecule has 1 aliphatic rings. The second-order valence-electron chi connectivity index (χ2n) is 8.69. The molecule has 7 rings (SSSR count). The molecule has 8 heteroatoms. The highest BCUT2D eigenvalue weighted by Gasteiger charge is 2.30. The van der Waals surface area contributed by atoms with Crippen LogP contribution in [-0.4, -0.2) is 25.4 Å². The SMILES string of the molecule is Cc1ccc(NC2=Nc3ccccc3-n3c(nn4nc5ccccc5c34)N2c2ccc(Br)cc2)cc1. The average Bonchev–Trinajstić information content (AvgIpc) is 3.39. The zero-order chi connectivity index (χ0) is 24.2. The number of rotatable bonds is 2. The number of aromatic nitrogens is 4. The van der Waals surface area contributed by atoms with E-state index in [2.05, 4.69) is 69.1 Å². The van der Waals surface area contributed by atoms with E-state index in [0.29, 0.717) is 11.9 Å². The summed E-state index contributed by atoms with van der Waals surface area (Å²) in [4.78, 5) is 7.16. The Morgan fingerprint density at radius 1 is 0.778 bits per heavy atom. The molecule has 36 heavy (non-hydrogen) atoms. The van der Waals surface area contributed by atoms with Crippen molar-refractivity contribution in [1.29, 1.82) is 0 Å². The molecule has 7 nitrogen and oxygen atoms in total. The van der Waals surface area contributed by atoms with E-state index in [4.69, 9.17) is 15.2 Å². The number of benzene rings is 4. The standard InChI is InChI=1S/C28H20BrN7/c1-18-10-14-20(15-11-18)30-27-31-24-8-4-5-9-25(24)35-26-22-6-2-3-7-23(22)32-36(26)33-28(35)34(27)21-16-12-19(29)13-17-21/h2-17H,1H3,(H,30,31). The van der Waals surface area contributed by atoms with Crippen LogP contribution in [0.2, 0.25) is 0 Å². The first-order valence-electron chi connectivity index (χ1n) is 11.6. The van der Waals surface area contributed by atoms with Crippen LogP contribution in [0, 0.1) is 6.92 Å². The maximum atomic E-state index is 5.12. The molecule has 1 N–H and O–H groups in total. The second-order valence-corrected chi connectivity index (χ2v) is 9.61. The van der Waals surface area contributed by atoms with Crippen molar-refractivity contribution in [3.8, 4) is 5.69 Å². The molecule has 0 saturated carbocycles. The van der Waals surface area contributed by atoms with Gasteiger partial charge in [-0.3, -0.25) is 4.57 Å². The molecule has 0 atom stereocenters. The number of anilines is 3. The highest BCUT2D eigenvalue weighted by molar-refractivity contribution is 9.10. The van der Waals surface area contributed by atoms with Crippen LogP contribution in [-0.2, 0) is 0 Å². The van der Waals surface area contributed by atoms with E-state index in [1.165, 1.54) is 5.56 Å². The number of para-hydroxylation sites is 2. The normalized spacial score (nSPS) is 12.8. The first-order chi connectivity index (χ1) is 17.7. The molecule has 1 aliphatic heterocycles. The largest absolute Gasteiger partial charge is 0.325 e. The second kappa shape index (κ2) is 8.07. The van der Waals surface area contributed by atoms with Crippen molar-refractivity contribution in [3.05, 3.63) is 107 Å². The van der Waals surface area contributed by atoms with Crippen molar-refractivity contribution in [3.63, 3.8) is 0 Å². The number of aryl methyl sites for hydroxylation is 1. The summed E-state index contributed by atoms with van der Waals surface area (Å²) in [5.74, 6) is 1.33. The van der Waals surface area contributed by atoms with Gasteiger partial charge in [0.1, 0.15) is 0 Å². The summed E-state index contributed by atoms with van der Waals surface area (Å²) in [5, 5.41) is 14.3. The zero-order valence-corrected chi connectivity index (χ0v) is 20.9. The minimum absolute atomic E-state index is 0.643. The number of aliphatic imine (C=N–C) groups is 1. The topological polar surface area (TPSA) is 62.8 Å². The van der Waals surface area contributed by atoms with E-state index in [-0.39, 0.29) is 0 Å². The molecule has 0 unspecified atom stereocenters. The molecule has 0 radical (unpaired) electrons. The summed E-state index contributed by atoms with van der Waals surface area (Å²) in [6, 6.07) is 32.6. The number of nitrogens with one attached hydrogen (secondary N) is 1. The van der Waals surface area contributed by atoms with Gasteiger partial charge in [-0.15, -0.1) is 14.8 Å². The van der Waals surface area contributed by atoms with Crippen molar-refractivity contribution in [1.82, 2.24) is 19.4 Å².